The van der Waals surface area contributed by atoms with E-state index in [1.165, 1.54) is 0 Å². The van der Waals surface area contributed by atoms with Gasteiger partial charge in [-0.1, -0.05) is 23.7 Å². The number of hydrogen-bond donors (Lipinski definition) is 1. The maximum atomic E-state index is 6.20. The van der Waals surface area contributed by atoms with E-state index in [1.54, 1.807) is 29.2 Å². The highest BCUT2D eigenvalue weighted by Crippen LogP contribution is 2.24. The highest BCUT2D eigenvalue weighted by atomic mass is 35.5. The van der Waals surface area contributed by atoms with Crippen LogP contribution < -0.4 is 0 Å². The maximum absolute atomic E-state index is 6.20. The number of para-hydroxylation sites is 1. The van der Waals surface area contributed by atoms with Crippen molar-refractivity contribution in [1.82, 2.24) is 24.7 Å². The van der Waals surface area contributed by atoms with Gasteiger partial charge >= 0.3 is 0 Å². The third-order valence-electron chi connectivity index (χ3n) is 2.56. The summed E-state index contributed by atoms with van der Waals surface area (Å²) in [5.74, 6) is 0.575. The molecule has 0 radical (unpaired) electrons. The molecule has 0 aliphatic heterocycles. The Hall–Kier alpha value is -2.05. The number of benzene rings is 1. The first-order chi connectivity index (χ1) is 9.27. The summed E-state index contributed by atoms with van der Waals surface area (Å²) in [6, 6.07) is 7.41. The molecule has 2 aromatic heterocycles. The van der Waals surface area contributed by atoms with Crippen molar-refractivity contribution in [3.63, 3.8) is 0 Å². The molecule has 0 unspecified atom stereocenters. The zero-order valence-corrected chi connectivity index (χ0v) is 11.2. The molecule has 19 heavy (non-hydrogen) atoms. The predicted molar refractivity (Wildman–Crippen MR) is 74.8 cm³/mol. The van der Waals surface area contributed by atoms with Gasteiger partial charge in [0.2, 0.25) is 0 Å². The Morgan fingerprint density at radius 2 is 2.05 bits per heavy atom. The van der Waals surface area contributed by atoms with Crippen molar-refractivity contribution < 1.29 is 0 Å². The Morgan fingerprint density at radius 1 is 1.21 bits per heavy atom. The number of hydrogen-bond acceptors (Lipinski definition) is 4. The molecule has 0 fully saturated rings. The van der Waals surface area contributed by atoms with Crippen molar-refractivity contribution in [2.75, 3.05) is 0 Å². The van der Waals surface area contributed by atoms with Gasteiger partial charge < -0.3 is 0 Å². The summed E-state index contributed by atoms with van der Waals surface area (Å²) in [7, 11) is 0. The minimum absolute atomic E-state index is 0.453. The normalized spacial score (nSPS) is 10.6. The second-order valence-electron chi connectivity index (χ2n) is 3.73. The summed E-state index contributed by atoms with van der Waals surface area (Å²) >= 11 is 11.5. The minimum atomic E-state index is 0.453. The molecule has 0 bridgehead atoms. The van der Waals surface area contributed by atoms with Crippen LogP contribution in [0, 0.1) is 4.77 Å². The van der Waals surface area contributed by atoms with Crippen LogP contribution in [0.1, 0.15) is 0 Å². The van der Waals surface area contributed by atoms with Gasteiger partial charge in [0.25, 0.3) is 0 Å². The quantitative estimate of drug-likeness (QED) is 0.737. The van der Waals surface area contributed by atoms with Crippen molar-refractivity contribution in [3.05, 3.63) is 52.6 Å². The fourth-order valence-corrected chi connectivity index (χ4v) is 2.19. The monoisotopic (exact) mass is 289 g/mol. The smallest absolute Gasteiger partial charge is 0.200 e. The number of halogens is 1. The molecule has 0 aliphatic rings. The summed E-state index contributed by atoms with van der Waals surface area (Å²) in [5, 5.41) is 7.53. The van der Waals surface area contributed by atoms with Gasteiger partial charge in [-0.3, -0.25) is 14.6 Å². The van der Waals surface area contributed by atoms with Crippen LogP contribution in [0.2, 0.25) is 5.02 Å². The van der Waals surface area contributed by atoms with E-state index in [-0.39, 0.29) is 0 Å². The van der Waals surface area contributed by atoms with Crippen LogP contribution >= 0.6 is 23.8 Å². The lowest BCUT2D eigenvalue weighted by Gasteiger charge is -2.07. The molecule has 5 nitrogen and oxygen atoms in total. The lowest BCUT2D eigenvalue weighted by molar-refractivity contribution is 1.02. The average Bonchev–Trinajstić information content (AvgIpc) is 2.82. The summed E-state index contributed by atoms with van der Waals surface area (Å²) < 4.78 is 2.19. The first-order valence-corrected chi connectivity index (χ1v) is 6.24. The fourth-order valence-electron chi connectivity index (χ4n) is 1.74. The number of aromatic amines is 1. The predicted octanol–water partition coefficient (Wildman–Crippen LogP) is 3.04. The molecule has 0 saturated heterocycles. The van der Waals surface area contributed by atoms with Gasteiger partial charge in [-0.15, -0.1) is 0 Å². The topological polar surface area (TPSA) is 59.4 Å². The standard InChI is InChI=1S/C12H8ClN5S/c13-8-3-1-2-4-10(8)18-11(16-17-12(18)19)9-7-14-5-6-15-9/h1-7H,(H,17,19). The first kappa shape index (κ1) is 12.0. The van der Waals surface area contributed by atoms with Gasteiger partial charge in [-0.05, 0) is 24.4 Å². The fraction of sp³-hybridized carbons (Fsp3) is 0. The van der Waals surface area contributed by atoms with Crippen molar-refractivity contribution in [2.24, 2.45) is 0 Å². The Labute approximate surface area is 118 Å². The van der Waals surface area contributed by atoms with Crippen LogP contribution in [-0.4, -0.2) is 24.7 Å². The molecular weight excluding hydrogens is 282 g/mol. The van der Waals surface area contributed by atoms with E-state index in [9.17, 15) is 0 Å². The molecule has 94 valence electrons. The minimum Gasteiger partial charge on any atom is -0.265 e. The van der Waals surface area contributed by atoms with Crippen LogP contribution in [0.25, 0.3) is 17.2 Å². The SMILES string of the molecule is S=c1[nH]nc(-c2cnccn2)n1-c1ccccc1Cl. The van der Waals surface area contributed by atoms with Crippen molar-refractivity contribution in [3.8, 4) is 17.2 Å². The van der Waals surface area contributed by atoms with E-state index in [2.05, 4.69) is 20.2 Å². The van der Waals surface area contributed by atoms with E-state index in [1.807, 2.05) is 18.2 Å². The van der Waals surface area contributed by atoms with Gasteiger partial charge in [-0.25, -0.2) is 4.98 Å². The molecule has 2 heterocycles. The first-order valence-electron chi connectivity index (χ1n) is 5.46. The molecular formula is C12H8ClN5S. The second-order valence-corrected chi connectivity index (χ2v) is 4.52. The Balaban J connectivity index is 2.26. The Bertz CT molecular complexity index is 765. The molecule has 3 rings (SSSR count). The van der Waals surface area contributed by atoms with Crippen LogP contribution in [0.3, 0.4) is 0 Å². The molecule has 0 atom stereocenters. The van der Waals surface area contributed by atoms with Crippen molar-refractivity contribution in [2.45, 2.75) is 0 Å². The highest BCUT2D eigenvalue weighted by Gasteiger charge is 2.13. The van der Waals surface area contributed by atoms with E-state index in [4.69, 9.17) is 23.8 Å². The van der Waals surface area contributed by atoms with Crippen LogP contribution in [-0.2, 0) is 0 Å². The Morgan fingerprint density at radius 3 is 2.79 bits per heavy atom. The number of rotatable bonds is 2. The third-order valence-corrected chi connectivity index (χ3v) is 3.15. The molecule has 0 spiro atoms. The molecule has 0 aliphatic carbocycles. The van der Waals surface area contributed by atoms with Crippen molar-refractivity contribution >= 4 is 23.8 Å². The summed E-state index contributed by atoms with van der Waals surface area (Å²) in [6.07, 6.45) is 4.83. The summed E-state index contributed by atoms with van der Waals surface area (Å²) in [4.78, 5) is 8.25. The maximum Gasteiger partial charge on any atom is 0.200 e. The lowest BCUT2D eigenvalue weighted by Crippen LogP contribution is -1.99. The Kier molecular flexibility index (Phi) is 3.10. The van der Waals surface area contributed by atoms with Gasteiger partial charge in [-0.2, -0.15) is 5.10 Å². The molecule has 0 saturated carbocycles. The van der Waals surface area contributed by atoms with E-state index in [0.717, 1.165) is 5.69 Å². The van der Waals surface area contributed by atoms with Crippen LogP contribution in [0.15, 0.2) is 42.9 Å². The number of aromatic nitrogens is 5. The van der Waals surface area contributed by atoms with Crippen molar-refractivity contribution in [1.29, 1.82) is 0 Å². The number of nitrogens with zero attached hydrogens (tertiary/aromatic N) is 4. The third kappa shape index (κ3) is 2.16. The average molecular weight is 290 g/mol. The molecule has 3 aromatic rings. The lowest BCUT2D eigenvalue weighted by atomic mass is 10.3. The number of nitrogens with one attached hydrogen (secondary N) is 1. The van der Waals surface area contributed by atoms with Gasteiger partial charge in [0.1, 0.15) is 5.69 Å². The molecule has 1 N–H and O–H groups in total. The zero-order valence-electron chi connectivity index (χ0n) is 9.62. The molecule has 1 aromatic carbocycles. The highest BCUT2D eigenvalue weighted by molar-refractivity contribution is 7.71. The molecule has 7 heteroatoms. The van der Waals surface area contributed by atoms with E-state index in [0.29, 0.717) is 21.3 Å². The summed E-state index contributed by atoms with van der Waals surface area (Å²) in [6.45, 7) is 0. The number of H-pyrrole nitrogens is 1. The van der Waals surface area contributed by atoms with Gasteiger partial charge in [0.15, 0.2) is 10.6 Å². The van der Waals surface area contributed by atoms with Crippen LogP contribution in [0.4, 0.5) is 0 Å². The largest absolute Gasteiger partial charge is 0.265 e. The van der Waals surface area contributed by atoms with Crippen LogP contribution in [0.5, 0.6) is 0 Å². The zero-order chi connectivity index (χ0) is 13.2. The second kappa shape index (κ2) is 4.91. The van der Waals surface area contributed by atoms with Gasteiger partial charge in [0.05, 0.1) is 16.9 Å². The molecule has 0 amide bonds. The van der Waals surface area contributed by atoms with Gasteiger partial charge in [0, 0.05) is 12.4 Å². The van der Waals surface area contributed by atoms with E-state index < -0.39 is 0 Å². The summed E-state index contributed by atoms with van der Waals surface area (Å²) in [5.41, 5.74) is 1.37. The van der Waals surface area contributed by atoms with E-state index >= 15 is 0 Å².